The minimum Gasteiger partial charge on any atom is -0.358 e. The summed E-state index contributed by atoms with van der Waals surface area (Å²) in [5, 5.41) is 19.3. The summed E-state index contributed by atoms with van der Waals surface area (Å²) in [4.78, 5) is 17.3. The van der Waals surface area contributed by atoms with E-state index in [9.17, 15) is 4.79 Å². The van der Waals surface area contributed by atoms with Crippen molar-refractivity contribution >= 4 is 35.3 Å². The van der Waals surface area contributed by atoms with E-state index in [0.29, 0.717) is 12.0 Å². The first-order valence-corrected chi connectivity index (χ1v) is 8.78. The molecule has 1 heterocycles. The third-order valence-electron chi connectivity index (χ3n) is 4.81. The van der Waals surface area contributed by atoms with E-state index in [0.717, 1.165) is 35.3 Å². The molecule has 1 aromatic rings. The normalized spacial score (nSPS) is 21.5. The van der Waals surface area contributed by atoms with Crippen LogP contribution in [0.2, 0.25) is 0 Å². The van der Waals surface area contributed by atoms with Crippen LogP contribution in [0.15, 0.2) is 46.6 Å². The average Bonchev–Trinajstić information content (AvgIpc) is 2.58. The van der Waals surface area contributed by atoms with Crippen LogP contribution in [0.4, 0.5) is 11.4 Å². The van der Waals surface area contributed by atoms with E-state index in [1.165, 1.54) is 0 Å². The van der Waals surface area contributed by atoms with E-state index in [1.807, 2.05) is 37.3 Å². The molecule has 0 radical (unpaired) electrons. The van der Waals surface area contributed by atoms with Gasteiger partial charge in [-0.05, 0) is 48.6 Å². The van der Waals surface area contributed by atoms with Crippen molar-refractivity contribution in [2.45, 2.75) is 39.5 Å². The number of rotatable bonds is 4. The zero-order chi connectivity index (χ0) is 18.9. The number of fused-ring (bicyclic) bond motifs is 1. The maximum absolute atomic E-state index is 12.9. The Bertz CT molecular complexity index is 874. The molecular formula is C21H24N4O. The lowest BCUT2D eigenvalue weighted by molar-refractivity contribution is -0.118. The van der Waals surface area contributed by atoms with Crippen molar-refractivity contribution in [3.8, 4) is 0 Å². The Kier molecular flexibility index (Phi) is 4.72. The van der Waals surface area contributed by atoms with E-state index < -0.39 is 5.92 Å². The molecule has 3 rings (SSSR count). The number of nitrogens with one attached hydrogen (secondary N) is 3. The summed E-state index contributed by atoms with van der Waals surface area (Å²) in [5.74, 6) is -0.437. The van der Waals surface area contributed by atoms with Crippen LogP contribution in [0.5, 0.6) is 0 Å². The van der Waals surface area contributed by atoms with Crippen LogP contribution in [-0.2, 0) is 4.79 Å². The van der Waals surface area contributed by atoms with Gasteiger partial charge >= 0.3 is 0 Å². The lowest BCUT2D eigenvalue weighted by Gasteiger charge is -2.39. The van der Waals surface area contributed by atoms with Crippen LogP contribution in [0, 0.1) is 16.2 Å². The summed E-state index contributed by atoms with van der Waals surface area (Å²) < 4.78 is 0. The molecule has 0 bridgehead atoms. The van der Waals surface area contributed by atoms with Crippen LogP contribution >= 0.6 is 0 Å². The number of Topliss-reactive ketones (excluding diaryl/α,β-unsaturated/α-hetero) is 1. The first kappa shape index (κ1) is 18.0. The largest absolute Gasteiger partial charge is 0.358 e. The molecule has 1 aliphatic carbocycles. The van der Waals surface area contributed by atoms with Gasteiger partial charge in [0, 0.05) is 35.8 Å². The van der Waals surface area contributed by atoms with Crippen molar-refractivity contribution in [3.63, 3.8) is 0 Å². The van der Waals surface area contributed by atoms with Crippen LogP contribution in [0.3, 0.4) is 0 Å². The topological polar surface area (TPSA) is 89.2 Å². The molecule has 0 spiro atoms. The van der Waals surface area contributed by atoms with Crippen molar-refractivity contribution in [1.82, 2.24) is 0 Å². The summed E-state index contributed by atoms with van der Waals surface area (Å²) in [5.41, 5.74) is 4.04. The Balaban J connectivity index is 2.12. The van der Waals surface area contributed by atoms with Crippen LogP contribution in [-0.4, -0.2) is 23.9 Å². The molecule has 0 amide bonds. The second-order valence-corrected chi connectivity index (χ2v) is 7.57. The molecule has 2 aliphatic rings. The lowest BCUT2D eigenvalue weighted by atomic mass is 9.69. The maximum atomic E-state index is 12.9. The SMILES string of the molecule is C/C=C\C=Nc1ccc2c(c1)C(C(=N)C=N)C1=C(CC(C)(C)CC1=O)N2. The van der Waals surface area contributed by atoms with Gasteiger partial charge < -0.3 is 16.1 Å². The standard InChI is InChI=1S/C21H24N4O/c1-4-5-8-24-13-6-7-16-14(9-13)19(15(23)12-22)20-17(25-16)10-21(2,3)11-18(20)26/h4-9,12,19,22-23,25H,10-11H2,1-3H3/b5-4-,22-12?,23-15?,24-8?. The van der Waals surface area contributed by atoms with Gasteiger partial charge in [-0.3, -0.25) is 9.79 Å². The predicted molar refractivity (Wildman–Crippen MR) is 107 cm³/mol. The third kappa shape index (κ3) is 3.29. The van der Waals surface area contributed by atoms with Gasteiger partial charge in [-0.25, -0.2) is 0 Å². The Morgan fingerprint density at radius 2 is 2.12 bits per heavy atom. The van der Waals surface area contributed by atoms with Crippen molar-refractivity contribution in [2.24, 2.45) is 10.4 Å². The number of hydrogen-bond donors (Lipinski definition) is 3. The minimum absolute atomic E-state index is 0.0637. The molecule has 0 aromatic heterocycles. The molecule has 0 saturated heterocycles. The number of allylic oxidation sites excluding steroid dienone is 4. The number of benzene rings is 1. The molecule has 1 unspecified atom stereocenters. The number of anilines is 1. The molecule has 3 N–H and O–H groups in total. The zero-order valence-corrected chi connectivity index (χ0v) is 15.4. The summed E-state index contributed by atoms with van der Waals surface area (Å²) in [6, 6.07) is 5.76. The molecule has 0 saturated carbocycles. The molecular weight excluding hydrogens is 324 g/mol. The number of hydrogen-bond acceptors (Lipinski definition) is 5. The number of aliphatic imine (C=N–C) groups is 1. The maximum Gasteiger partial charge on any atom is 0.162 e. The Labute approximate surface area is 153 Å². The van der Waals surface area contributed by atoms with Gasteiger partial charge in [0.1, 0.15) is 0 Å². The van der Waals surface area contributed by atoms with E-state index in [4.69, 9.17) is 10.8 Å². The molecule has 134 valence electrons. The fourth-order valence-corrected chi connectivity index (χ4v) is 3.70. The van der Waals surface area contributed by atoms with E-state index >= 15 is 0 Å². The quantitative estimate of drug-likeness (QED) is 0.683. The molecule has 5 nitrogen and oxygen atoms in total. The predicted octanol–water partition coefficient (Wildman–Crippen LogP) is 4.79. The van der Waals surface area contributed by atoms with Crippen LogP contribution < -0.4 is 5.32 Å². The first-order valence-electron chi connectivity index (χ1n) is 8.78. The number of carbonyl (C=O) groups is 1. The molecule has 1 aliphatic heterocycles. The van der Waals surface area contributed by atoms with Crippen molar-refractivity contribution in [1.29, 1.82) is 10.8 Å². The molecule has 5 heteroatoms. The van der Waals surface area contributed by atoms with Crippen LogP contribution in [0.25, 0.3) is 0 Å². The smallest absolute Gasteiger partial charge is 0.162 e. The first-order chi connectivity index (χ1) is 12.4. The van der Waals surface area contributed by atoms with Crippen LogP contribution in [0.1, 0.15) is 45.1 Å². The van der Waals surface area contributed by atoms with Gasteiger partial charge in [-0.2, -0.15) is 0 Å². The summed E-state index contributed by atoms with van der Waals surface area (Å²) >= 11 is 0. The lowest BCUT2D eigenvalue weighted by Crippen LogP contribution is -2.35. The van der Waals surface area contributed by atoms with E-state index in [-0.39, 0.29) is 16.9 Å². The van der Waals surface area contributed by atoms with Crippen molar-refractivity contribution in [3.05, 3.63) is 47.2 Å². The van der Waals surface area contributed by atoms with Gasteiger partial charge in [0.15, 0.2) is 5.78 Å². The van der Waals surface area contributed by atoms with Gasteiger partial charge in [0.2, 0.25) is 0 Å². The van der Waals surface area contributed by atoms with Gasteiger partial charge in [0.05, 0.1) is 17.3 Å². The highest BCUT2D eigenvalue weighted by Crippen LogP contribution is 2.47. The number of nitrogens with zero attached hydrogens (tertiary/aromatic N) is 1. The Morgan fingerprint density at radius 1 is 1.35 bits per heavy atom. The fraction of sp³-hybridized carbons (Fsp3) is 0.333. The average molecular weight is 348 g/mol. The van der Waals surface area contributed by atoms with E-state index in [1.54, 1.807) is 6.21 Å². The molecule has 1 atom stereocenters. The van der Waals surface area contributed by atoms with Gasteiger partial charge in [0.25, 0.3) is 0 Å². The third-order valence-corrected chi connectivity index (χ3v) is 4.81. The van der Waals surface area contributed by atoms with Gasteiger partial charge in [-0.1, -0.05) is 19.9 Å². The minimum atomic E-state index is -0.501. The highest BCUT2D eigenvalue weighted by molar-refractivity contribution is 6.33. The number of carbonyl (C=O) groups excluding carboxylic acids is 1. The zero-order valence-electron chi connectivity index (χ0n) is 15.4. The second-order valence-electron chi connectivity index (χ2n) is 7.57. The molecule has 1 aromatic carbocycles. The highest BCUT2D eigenvalue weighted by Gasteiger charge is 2.41. The van der Waals surface area contributed by atoms with Crippen molar-refractivity contribution in [2.75, 3.05) is 5.32 Å². The Morgan fingerprint density at radius 3 is 2.81 bits per heavy atom. The van der Waals surface area contributed by atoms with Crippen molar-refractivity contribution < 1.29 is 4.79 Å². The summed E-state index contributed by atoms with van der Waals surface area (Å²) in [6.45, 7) is 6.10. The molecule has 0 fully saturated rings. The van der Waals surface area contributed by atoms with Gasteiger partial charge in [-0.15, -0.1) is 0 Å². The Hall–Kier alpha value is -2.82. The second kappa shape index (κ2) is 6.83. The summed E-state index contributed by atoms with van der Waals surface area (Å²) in [7, 11) is 0. The highest BCUT2D eigenvalue weighted by atomic mass is 16.1. The monoisotopic (exact) mass is 348 g/mol. The molecule has 26 heavy (non-hydrogen) atoms. The van der Waals surface area contributed by atoms with E-state index in [2.05, 4.69) is 24.2 Å². The summed E-state index contributed by atoms with van der Waals surface area (Å²) in [6.07, 6.45) is 7.72. The fourth-order valence-electron chi connectivity index (χ4n) is 3.70. The number of ketones is 1.